The summed E-state index contributed by atoms with van der Waals surface area (Å²) in [5.41, 5.74) is 0.0110. The van der Waals surface area contributed by atoms with Crippen molar-refractivity contribution in [2.75, 3.05) is 5.33 Å². The van der Waals surface area contributed by atoms with Crippen LogP contribution < -0.4 is 0 Å². The Morgan fingerprint density at radius 1 is 1.42 bits per heavy atom. The fraction of sp³-hybridized carbons (Fsp3) is 0.900. The summed E-state index contributed by atoms with van der Waals surface area (Å²) < 4.78 is 0. The van der Waals surface area contributed by atoms with Crippen molar-refractivity contribution in [2.45, 2.75) is 40.0 Å². The van der Waals surface area contributed by atoms with Crippen LogP contribution in [0.4, 0.5) is 0 Å². The Kier molecular flexibility index (Phi) is 2.67. The zero-order chi connectivity index (χ0) is 9.41. The van der Waals surface area contributed by atoms with E-state index in [-0.39, 0.29) is 10.8 Å². The third kappa shape index (κ3) is 1.34. The molecule has 0 aliphatic heterocycles. The molecule has 0 amide bonds. The second-order valence-electron chi connectivity index (χ2n) is 4.63. The number of Topliss-reactive ketones (excluding diaryl/α,β-unsaturated/α-hetero) is 1. The van der Waals surface area contributed by atoms with E-state index in [1.807, 2.05) is 0 Å². The Hall–Kier alpha value is 0.150. The summed E-state index contributed by atoms with van der Waals surface area (Å²) in [5.74, 6) is 0.427. The summed E-state index contributed by atoms with van der Waals surface area (Å²) in [6, 6.07) is 0. The quantitative estimate of drug-likeness (QED) is 0.636. The fourth-order valence-corrected chi connectivity index (χ4v) is 2.95. The van der Waals surface area contributed by atoms with Crippen molar-refractivity contribution in [3.8, 4) is 0 Å². The molecule has 12 heavy (non-hydrogen) atoms. The number of carbonyl (C=O) groups excluding carboxylic acids is 1. The van der Waals surface area contributed by atoms with Crippen molar-refractivity contribution in [2.24, 2.45) is 10.8 Å². The highest BCUT2D eigenvalue weighted by Crippen LogP contribution is 2.48. The molecule has 0 aromatic rings. The summed E-state index contributed by atoms with van der Waals surface area (Å²) in [6.45, 7) is 6.49. The van der Waals surface area contributed by atoms with Gasteiger partial charge < -0.3 is 0 Å². The maximum absolute atomic E-state index is 11.7. The summed E-state index contributed by atoms with van der Waals surface area (Å²) in [5, 5.41) is 0.797. The van der Waals surface area contributed by atoms with Gasteiger partial charge in [0.2, 0.25) is 0 Å². The Bertz CT molecular complexity index is 198. The zero-order valence-corrected chi connectivity index (χ0v) is 9.70. The molecule has 0 aromatic heterocycles. The van der Waals surface area contributed by atoms with Crippen molar-refractivity contribution < 1.29 is 4.79 Å². The first-order valence-corrected chi connectivity index (χ1v) is 5.65. The van der Waals surface area contributed by atoms with E-state index in [1.54, 1.807) is 0 Å². The smallest absolute Gasteiger partial charge is 0.140 e. The van der Waals surface area contributed by atoms with Gasteiger partial charge in [-0.3, -0.25) is 4.79 Å². The lowest BCUT2D eigenvalue weighted by Crippen LogP contribution is -2.46. The van der Waals surface area contributed by atoms with Gasteiger partial charge in [0, 0.05) is 17.2 Å². The standard InChI is InChI=1S/C10H17BrO/c1-9(2)6-4-5-8(12)10(9,3)7-11/h4-7H2,1-3H3. The van der Waals surface area contributed by atoms with Gasteiger partial charge in [0.1, 0.15) is 5.78 Å². The molecule has 1 nitrogen and oxygen atoms in total. The third-order valence-corrected chi connectivity index (χ3v) is 4.70. The maximum Gasteiger partial charge on any atom is 0.140 e. The molecule has 0 saturated heterocycles. The van der Waals surface area contributed by atoms with Crippen LogP contribution in [0.5, 0.6) is 0 Å². The first-order valence-electron chi connectivity index (χ1n) is 4.53. The van der Waals surface area contributed by atoms with Crippen LogP contribution in [-0.2, 0) is 4.79 Å². The molecule has 1 rings (SSSR count). The molecule has 1 atom stereocenters. The van der Waals surface area contributed by atoms with Crippen LogP contribution >= 0.6 is 15.9 Å². The second kappa shape index (κ2) is 3.13. The predicted octanol–water partition coefficient (Wildman–Crippen LogP) is 3.17. The number of carbonyl (C=O) groups is 1. The van der Waals surface area contributed by atoms with Crippen molar-refractivity contribution >= 4 is 21.7 Å². The van der Waals surface area contributed by atoms with E-state index in [0.29, 0.717) is 5.78 Å². The largest absolute Gasteiger partial charge is 0.299 e. The van der Waals surface area contributed by atoms with Crippen LogP contribution in [0.1, 0.15) is 40.0 Å². The first-order chi connectivity index (χ1) is 5.44. The fourth-order valence-electron chi connectivity index (χ4n) is 1.88. The van der Waals surface area contributed by atoms with Gasteiger partial charge in [0.15, 0.2) is 0 Å². The van der Waals surface area contributed by atoms with Crippen LogP contribution in [0.2, 0.25) is 0 Å². The van der Waals surface area contributed by atoms with E-state index in [4.69, 9.17) is 0 Å². The molecule has 0 radical (unpaired) electrons. The summed E-state index contributed by atoms with van der Waals surface area (Å²) in [7, 11) is 0. The molecular weight excluding hydrogens is 216 g/mol. The SMILES string of the molecule is CC1(C)CCCC(=O)C1(C)CBr. The van der Waals surface area contributed by atoms with Gasteiger partial charge >= 0.3 is 0 Å². The lowest BCUT2D eigenvalue weighted by molar-refractivity contribution is -0.136. The lowest BCUT2D eigenvalue weighted by atomic mass is 9.59. The van der Waals surface area contributed by atoms with Crippen LogP contribution in [0.15, 0.2) is 0 Å². The summed E-state index contributed by atoms with van der Waals surface area (Å²) >= 11 is 3.46. The summed E-state index contributed by atoms with van der Waals surface area (Å²) in [6.07, 6.45) is 3.00. The van der Waals surface area contributed by atoms with Crippen LogP contribution in [0.25, 0.3) is 0 Å². The topological polar surface area (TPSA) is 17.1 Å². The zero-order valence-electron chi connectivity index (χ0n) is 8.11. The minimum atomic E-state index is -0.148. The predicted molar refractivity (Wildman–Crippen MR) is 54.5 cm³/mol. The number of alkyl halides is 1. The molecule has 0 bridgehead atoms. The molecule has 0 aromatic carbocycles. The Balaban J connectivity index is 2.96. The van der Waals surface area contributed by atoms with Crippen molar-refractivity contribution in [3.63, 3.8) is 0 Å². The highest BCUT2D eigenvalue weighted by atomic mass is 79.9. The molecule has 1 unspecified atom stereocenters. The van der Waals surface area contributed by atoms with E-state index < -0.39 is 0 Å². The highest BCUT2D eigenvalue weighted by Gasteiger charge is 2.47. The molecule has 1 aliphatic rings. The van der Waals surface area contributed by atoms with E-state index >= 15 is 0 Å². The maximum atomic E-state index is 11.7. The molecule has 2 heteroatoms. The molecule has 0 heterocycles. The summed E-state index contributed by atoms with van der Waals surface area (Å²) in [4.78, 5) is 11.7. The van der Waals surface area contributed by atoms with Crippen molar-refractivity contribution in [3.05, 3.63) is 0 Å². The number of hydrogen-bond donors (Lipinski definition) is 0. The second-order valence-corrected chi connectivity index (χ2v) is 5.19. The van der Waals surface area contributed by atoms with Gasteiger partial charge in [-0.05, 0) is 18.3 Å². The molecule has 70 valence electrons. The normalized spacial score (nSPS) is 35.2. The Labute approximate surface area is 83.0 Å². The average Bonchev–Trinajstić information content (AvgIpc) is 2.00. The Morgan fingerprint density at radius 3 is 2.33 bits per heavy atom. The van der Waals surface area contributed by atoms with Gasteiger partial charge in [-0.1, -0.05) is 36.7 Å². The number of ketones is 1. The van der Waals surface area contributed by atoms with Gasteiger partial charge in [-0.25, -0.2) is 0 Å². The van der Waals surface area contributed by atoms with Crippen LogP contribution in [0.3, 0.4) is 0 Å². The van der Waals surface area contributed by atoms with Gasteiger partial charge in [-0.15, -0.1) is 0 Å². The van der Waals surface area contributed by atoms with Gasteiger partial charge in [0.25, 0.3) is 0 Å². The van der Waals surface area contributed by atoms with E-state index in [0.717, 1.165) is 18.2 Å². The Morgan fingerprint density at radius 2 is 2.00 bits per heavy atom. The molecule has 0 spiro atoms. The highest BCUT2D eigenvalue weighted by molar-refractivity contribution is 9.09. The lowest BCUT2D eigenvalue weighted by Gasteiger charge is -2.45. The van der Waals surface area contributed by atoms with Gasteiger partial charge in [-0.2, -0.15) is 0 Å². The molecule has 1 aliphatic carbocycles. The van der Waals surface area contributed by atoms with Crippen molar-refractivity contribution in [1.82, 2.24) is 0 Å². The molecule has 1 fully saturated rings. The van der Waals surface area contributed by atoms with E-state index in [2.05, 4.69) is 36.7 Å². The monoisotopic (exact) mass is 232 g/mol. The number of halogens is 1. The minimum absolute atomic E-state index is 0.148. The number of hydrogen-bond acceptors (Lipinski definition) is 1. The first kappa shape index (κ1) is 10.2. The van der Waals surface area contributed by atoms with E-state index in [1.165, 1.54) is 6.42 Å². The minimum Gasteiger partial charge on any atom is -0.299 e. The average molecular weight is 233 g/mol. The van der Waals surface area contributed by atoms with Gasteiger partial charge in [0.05, 0.1) is 0 Å². The number of rotatable bonds is 1. The molecular formula is C10H17BrO. The van der Waals surface area contributed by atoms with E-state index in [9.17, 15) is 4.79 Å². The van der Waals surface area contributed by atoms with Crippen LogP contribution in [-0.4, -0.2) is 11.1 Å². The van der Waals surface area contributed by atoms with Crippen molar-refractivity contribution in [1.29, 1.82) is 0 Å². The molecule has 0 N–H and O–H groups in total. The third-order valence-electron chi connectivity index (χ3n) is 3.58. The molecule has 1 saturated carbocycles. The van der Waals surface area contributed by atoms with Crippen LogP contribution in [0, 0.1) is 10.8 Å².